The van der Waals surface area contributed by atoms with Crippen molar-refractivity contribution in [2.45, 2.75) is 10.1 Å². The monoisotopic (exact) mass is 291 g/mol. The molecule has 1 aromatic carbocycles. The first kappa shape index (κ1) is 12.6. The van der Waals surface area contributed by atoms with Crippen LogP contribution < -0.4 is 5.32 Å². The molecule has 19 heavy (non-hydrogen) atoms. The van der Waals surface area contributed by atoms with E-state index in [4.69, 9.17) is 0 Å². The molecule has 0 fully saturated rings. The van der Waals surface area contributed by atoms with E-state index in [2.05, 4.69) is 46.0 Å². The number of nitrogens with zero attached hydrogens (tertiary/aromatic N) is 1. The molecule has 1 aliphatic heterocycles. The van der Waals surface area contributed by atoms with Gasteiger partial charge in [0.1, 0.15) is 5.82 Å². The molecule has 0 saturated carbocycles. The number of thioether (sulfide) groups is 2. The van der Waals surface area contributed by atoms with Gasteiger partial charge in [-0.2, -0.15) is 5.10 Å². The minimum atomic E-state index is 0.0127. The Balaban J connectivity index is 1.98. The van der Waals surface area contributed by atoms with Gasteiger partial charge in [-0.1, -0.05) is 12.1 Å². The van der Waals surface area contributed by atoms with Crippen LogP contribution in [0.3, 0.4) is 0 Å². The Morgan fingerprint density at radius 3 is 2.89 bits per heavy atom. The first-order valence-corrected chi connectivity index (χ1v) is 8.14. The fraction of sp³-hybridized carbons (Fsp3) is 0.231. The van der Waals surface area contributed by atoms with Gasteiger partial charge in [0.25, 0.3) is 0 Å². The third-order valence-corrected chi connectivity index (χ3v) is 5.05. The largest absolute Gasteiger partial charge is 0.310 e. The van der Waals surface area contributed by atoms with Crippen LogP contribution in [-0.2, 0) is 4.79 Å². The number of aromatic amines is 1. The van der Waals surface area contributed by atoms with Gasteiger partial charge in [-0.25, -0.2) is 0 Å². The minimum Gasteiger partial charge on any atom is -0.310 e. The van der Waals surface area contributed by atoms with Gasteiger partial charge in [-0.3, -0.25) is 9.89 Å². The van der Waals surface area contributed by atoms with Crippen molar-refractivity contribution in [1.29, 1.82) is 0 Å². The number of hydrogen-bond acceptors (Lipinski definition) is 4. The average Bonchev–Trinajstić information content (AvgIpc) is 2.82. The third kappa shape index (κ3) is 2.50. The molecule has 1 amide bonds. The smallest absolute Gasteiger partial charge is 0.235 e. The van der Waals surface area contributed by atoms with Crippen LogP contribution in [-0.4, -0.2) is 28.1 Å². The lowest BCUT2D eigenvalue weighted by Crippen LogP contribution is -2.12. The first-order valence-electron chi connectivity index (χ1n) is 5.86. The molecule has 0 aliphatic carbocycles. The predicted molar refractivity (Wildman–Crippen MR) is 79.7 cm³/mol. The van der Waals surface area contributed by atoms with Gasteiger partial charge in [-0.15, -0.1) is 23.5 Å². The molecule has 3 rings (SSSR count). The maximum absolute atomic E-state index is 11.6. The van der Waals surface area contributed by atoms with Gasteiger partial charge < -0.3 is 5.32 Å². The Hall–Kier alpha value is -1.40. The quantitative estimate of drug-likeness (QED) is 0.835. The van der Waals surface area contributed by atoms with Gasteiger partial charge in [0.15, 0.2) is 0 Å². The molecule has 2 N–H and O–H groups in total. The maximum atomic E-state index is 11.6. The van der Waals surface area contributed by atoms with E-state index in [1.807, 2.05) is 0 Å². The van der Waals surface area contributed by atoms with Crippen LogP contribution in [0.4, 0.5) is 5.82 Å². The van der Waals surface area contributed by atoms with Crippen LogP contribution in [0.1, 0.15) is 16.4 Å². The molecular formula is C13H13N3OS2. The number of carbonyl (C=O) groups is 1. The highest BCUT2D eigenvalue weighted by Crippen LogP contribution is 2.40. The zero-order chi connectivity index (χ0) is 13.2. The predicted octanol–water partition coefficient (Wildman–Crippen LogP) is 2.91. The van der Waals surface area contributed by atoms with E-state index in [0.29, 0.717) is 11.6 Å². The highest BCUT2D eigenvalue weighted by Gasteiger charge is 2.25. The molecule has 6 heteroatoms. The lowest BCUT2D eigenvalue weighted by molar-refractivity contribution is -0.113. The van der Waals surface area contributed by atoms with Crippen LogP contribution in [0.15, 0.2) is 35.4 Å². The van der Waals surface area contributed by atoms with E-state index in [9.17, 15) is 4.79 Å². The summed E-state index contributed by atoms with van der Waals surface area (Å²) < 4.78 is 0. The van der Waals surface area contributed by atoms with Crippen molar-refractivity contribution in [3.63, 3.8) is 0 Å². The van der Waals surface area contributed by atoms with Crippen LogP contribution in [0.5, 0.6) is 0 Å². The molecule has 2 heterocycles. The number of nitrogens with one attached hydrogen (secondary N) is 2. The number of hydrogen-bond donors (Lipinski definition) is 2. The number of H-pyrrole nitrogens is 1. The zero-order valence-corrected chi connectivity index (χ0v) is 12.0. The van der Waals surface area contributed by atoms with Crippen LogP contribution in [0, 0.1) is 0 Å². The Kier molecular flexibility index (Phi) is 3.52. The standard InChI is InChI=1S/C13H13N3OS2/c1-18-9-4-2-8(3-5-9)12-10-6-14-16-13(10)15-11(17)7-19-12/h2-6,12H,7H2,1H3,(H2,14,15,16,17)/t12-/m1/s1. The van der Waals surface area contributed by atoms with E-state index < -0.39 is 0 Å². The Morgan fingerprint density at radius 1 is 1.37 bits per heavy atom. The van der Waals surface area contributed by atoms with E-state index >= 15 is 0 Å². The van der Waals surface area contributed by atoms with Crippen molar-refractivity contribution < 1.29 is 4.79 Å². The number of rotatable bonds is 2. The highest BCUT2D eigenvalue weighted by atomic mass is 32.2. The molecule has 0 unspecified atom stereocenters. The van der Waals surface area contributed by atoms with Crippen molar-refractivity contribution in [3.05, 3.63) is 41.6 Å². The molecule has 1 atom stereocenters. The van der Waals surface area contributed by atoms with Crippen LogP contribution in [0.2, 0.25) is 0 Å². The number of anilines is 1. The Labute approximate surface area is 119 Å². The van der Waals surface area contributed by atoms with Crippen LogP contribution in [0.25, 0.3) is 0 Å². The van der Waals surface area contributed by atoms with E-state index in [1.54, 1.807) is 29.7 Å². The second-order valence-electron chi connectivity index (χ2n) is 4.21. The maximum Gasteiger partial charge on any atom is 0.235 e. The molecule has 0 radical (unpaired) electrons. The summed E-state index contributed by atoms with van der Waals surface area (Å²) in [6.45, 7) is 0. The van der Waals surface area contributed by atoms with Crippen molar-refractivity contribution in [2.75, 3.05) is 17.3 Å². The summed E-state index contributed by atoms with van der Waals surface area (Å²) >= 11 is 3.35. The van der Waals surface area contributed by atoms with Crippen molar-refractivity contribution in [1.82, 2.24) is 10.2 Å². The summed E-state index contributed by atoms with van der Waals surface area (Å²) in [5, 5.41) is 9.87. The number of carbonyl (C=O) groups excluding carboxylic acids is 1. The molecular weight excluding hydrogens is 278 g/mol. The molecule has 0 spiro atoms. The molecule has 1 aliphatic rings. The average molecular weight is 291 g/mol. The van der Waals surface area contributed by atoms with Gasteiger partial charge in [0.05, 0.1) is 17.2 Å². The SMILES string of the molecule is CSc1ccc([C@H]2SCC(=O)Nc3[nH]ncc32)cc1. The first-order chi connectivity index (χ1) is 9.28. The molecule has 4 nitrogen and oxygen atoms in total. The third-order valence-electron chi connectivity index (χ3n) is 3.02. The number of fused-ring (bicyclic) bond motifs is 1. The number of aromatic nitrogens is 2. The van der Waals surface area contributed by atoms with Crippen molar-refractivity contribution in [2.24, 2.45) is 0 Å². The topological polar surface area (TPSA) is 57.8 Å². The Bertz CT molecular complexity index is 594. The highest BCUT2D eigenvalue weighted by molar-refractivity contribution is 8.00. The van der Waals surface area contributed by atoms with Gasteiger partial charge in [-0.05, 0) is 24.0 Å². The summed E-state index contributed by atoms with van der Waals surface area (Å²) in [6.07, 6.45) is 3.85. The second-order valence-corrected chi connectivity index (χ2v) is 6.19. The summed E-state index contributed by atoms with van der Waals surface area (Å²) in [7, 11) is 0. The Morgan fingerprint density at radius 2 is 2.16 bits per heavy atom. The lowest BCUT2D eigenvalue weighted by Gasteiger charge is -2.13. The summed E-state index contributed by atoms with van der Waals surface area (Å²) in [5.41, 5.74) is 2.23. The zero-order valence-electron chi connectivity index (χ0n) is 10.3. The molecule has 1 aromatic heterocycles. The fourth-order valence-electron chi connectivity index (χ4n) is 2.07. The molecule has 0 bridgehead atoms. The molecule has 2 aromatic rings. The summed E-state index contributed by atoms with van der Waals surface area (Å²) in [5.74, 6) is 1.19. The van der Waals surface area contributed by atoms with E-state index in [0.717, 1.165) is 5.56 Å². The fourth-order valence-corrected chi connectivity index (χ4v) is 3.58. The van der Waals surface area contributed by atoms with E-state index in [1.165, 1.54) is 10.5 Å². The van der Waals surface area contributed by atoms with Gasteiger partial charge in [0.2, 0.25) is 5.91 Å². The van der Waals surface area contributed by atoms with Gasteiger partial charge in [0, 0.05) is 10.5 Å². The lowest BCUT2D eigenvalue weighted by atomic mass is 10.1. The normalized spacial score (nSPS) is 18.6. The minimum absolute atomic E-state index is 0.0127. The number of benzene rings is 1. The van der Waals surface area contributed by atoms with Crippen molar-refractivity contribution in [3.8, 4) is 0 Å². The van der Waals surface area contributed by atoms with Gasteiger partial charge >= 0.3 is 0 Å². The summed E-state index contributed by atoms with van der Waals surface area (Å²) in [6, 6.07) is 8.47. The second kappa shape index (κ2) is 5.30. The van der Waals surface area contributed by atoms with Crippen molar-refractivity contribution >= 4 is 35.2 Å². The summed E-state index contributed by atoms with van der Waals surface area (Å²) in [4.78, 5) is 12.9. The molecule has 98 valence electrons. The number of amides is 1. The molecule has 0 saturated heterocycles. The van der Waals surface area contributed by atoms with E-state index in [-0.39, 0.29) is 11.2 Å². The van der Waals surface area contributed by atoms with Crippen LogP contribution >= 0.6 is 23.5 Å².